The number of nitrogens with zero attached hydrogens (tertiary/aromatic N) is 1. The van der Waals surface area contributed by atoms with Crippen LogP contribution < -0.4 is 10.4 Å². The molecule has 0 aliphatic rings. The predicted molar refractivity (Wildman–Crippen MR) is 91.5 cm³/mol. The lowest BCUT2D eigenvalue weighted by Gasteiger charge is -2.07. The van der Waals surface area contributed by atoms with E-state index in [-0.39, 0.29) is 6.61 Å². The molecule has 2 heterocycles. The summed E-state index contributed by atoms with van der Waals surface area (Å²) >= 11 is 0. The molecular formula is C19H17NO5. The highest BCUT2D eigenvalue weighted by atomic mass is 16.6. The summed E-state index contributed by atoms with van der Waals surface area (Å²) in [6.07, 6.45) is 5.03. The molecule has 0 N–H and O–H groups in total. The molecular weight excluding hydrogens is 322 g/mol. The number of esters is 1. The molecule has 3 rings (SSSR count). The van der Waals surface area contributed by atoms with Gasteiger partial charge in [0.05, 0.1) is 6.61 Å². The Labute approximate surface area is 144 Å². The maximum atomic E-state index is 11.7. The van der Waals surface area contributed by atoms with E-state index in [1.165, 1.54) is 6.07 Å². The molecule has 2 aromatic heterocycles. The third-order valence-electron chi connectivity index (χ3n) is 3.55. The number of pyridine rings is 1. The van der Waals surface area contributed by atoms with Gasteiger partial charge in [0.2, 0.25) is 0 Å². The van der Waals surface area contributed by atoms with E-state index in [9.17, 15) is 9.59 Å². The Balaban J connectivity index is 1.43. The number of hydrogen-bond donors (Lipinski definition) is 0. The first-order valence-electron chi connectivity index (χ1n) is 7.92. The lowest BCUT2D eigenvalue weighted by molar-refractivity contribution is -0.146. The summed E-state index contributed by atoms with van der Waals surface area (Å²) < 4.78 is 15.6. The van der Waals surface area contributed by atoms with E-state index in [0.717, 1.165) is 23.8 Å². The number of rotatable bonds is 7. The van der Waals surface area contributed by atoms with Crippen molar-refractivity contribution in [1.29, 1.82) is 0 Å². The Morgan fingerprint density at radius 1 is 1.16 bits per heavy atom. The molecule has 25 heavy (non-hydrogen) atoms. The molecule has 0 unspecified atom stereocenters. The summed E-state index contributed by atoms with van der Waals surface area (Å²) in [6.45, 7) is 0.124. The molecule has 128 valence electrons. The third kappa shape index (κ3) is 4.91. The first kappa shape index (κ1) is 16.7. The highest BCUT2D eigenvalue weighted by Gasteiger charge is 2.06. The minimum Gasteiger partial charge on any atom is -0.482 e. The van der Waals surface area contributed by atoms with E-state index in [0.29, 0.717) is 17.9 Å². The predicted octanol–water partition coefficient (Wildman–Crippen LogP) is 2.74. The van der Waals surface area contributed by atoms with Gasteiger partial charge < -0.3 is 13.9 Å². The van der Waals surface area contributed by atoms with Crippen LogP contribution in [0.15, 0.2) is 64.1 Å². The zero-order chi connectivity index (χ0) is 17.5. The lowest BCUT2D eigenvalue weighted by atomic mass is 10.2. The normalized spacial score (nSPS) is 10.6. The summed E-state index contributed by atoms with van der Waals surface area (Å²) in [6, 6.07) is 11.9. The number of carbonyl (C=O) groups is 1. The van der Waals surface area contributed by atoms with Crippen LogP contribution in [0.2, 0.25) is 0 Å². The molecule has 0 atom stereocenters. The Morgan fingerprint density at radius 2 is 2.04 bits per heavy atom. The zero-order valence-electron chi connectivity index (χ0n) is 13.5. The molecule has 1 aromatic carbocycles. The number of fused-ring (bicyclic) bond motifs is 1. The molecule has 0 aliphatic carbocycles. The summed E-state index contributed by atoms with van der Waals surface area (Å²) in [7, 11) is 0. The highest BCUT2D eigenvalue weighted by molar-refractivity contribution is 5.78. The van der Waals surface area contributed by atoms with Crippen molar-refractivity contribution in [3.8, 4) is 5.75 Å². The molecule has 0 bridgehead atoms. The van der Waals surface area contributed by atoms with Crippen LogP contribution in [0.5, 0.6) is 5.75 Å². The molecule has 0 amide bonds. The summed E-state index contributed by atoms with van der Waals surface area (Å²) in [4.78, 5) is 27.0. The fraction of sp³-hybridized carbons (Fsp3) is 0.211. The van der Waals surface area contributed by atoms with E-state index < -0.39 is 11.6 Å². The Morgan fingerprint density at radius 3 is 2.88 bits per heavy atom. The first-order valence-corrected chi connectivity index (χ1v) is 7.92. The minimum absolute atomic E-state index is 0.199. The third-order valence-corrected chi connectivity index (χ3v) is 3.55. The van der Waals surface area contributed by atoms with Crippen molar-refractivity contribution < 1.29 is 18.7 Å². The summed E-state index contributed by atoms with van der Waals surface area (Å²) in [5.74, 6) is -0.00467. The van der Waals surface area contributed by atoms with Crippen LogP contribution in [0.3, 0.4) is 0 Å². The van der Waals surface area contributed by atoms with Crippen LogP contribution in [0.1, 0.15) is 12.0 Å². The zero-order valence-corrected chi connectivity index (χ0v) is 13.5. The molecule has 6 heteroatoms. The summed E-state index contributed by atoms with van der Waals surface area (Å²) in [5.41, 5.74) is 1.08. The molecule has 0 spiro atoms. The topological polar surface area (TPSA) is 78.6 Å². The Bertz CT molecular complexity index is 904. The van der Waals surface area contributed by atoms with Gasteiger partial charge in [-0.2, -0.15) is 0 Å². The van der Waals surface area contributed by atoms with Crippen LogP contribution in [0, 0.1) is 0 Å². The fourth-order valence-corrected chi connectivity index (χ4v) is 2.32. The molecule has 0 aliphatic heterocycles. The molecule has 0 radical (unpaired) electrons. The molecule has 6 nitrogen and oxygen atoms in total. The van der Waals surface area contributed by atoms with E-state index in [4.69, 9.17) is 13.9 Å². The number of benzene rings is 1. The van der Waals surface area contributed by atoms with Gasteiger partial charge >= 0.3 is 11.6 Å². The van der Waals surface area contributed by atoms with Gasteiger partial charge in [-0.1, -0.05) is 6.07 Å². The maximum absolute atomic E-state index is 11.7. The van der Waals surface area contributed by atoms with Crippen LogP contribution in [0.4, 0.5) is 0 Å². The number of aryl methyl sites for hydroxylation is 1. The van der Waals surface area contributed by atoms with Crippen molar-refractivity contribution >= 4 is 16.9 Å². The summed E-state index contributed by atoms with van der Waals surface area (Å²) in [5, 5.41) is 0.782. The monoisotopic (exact) mass is 339 g/mol. The Hall–Kier alpha value is -3.15. The number of ether oxygens (including phenoxy) is 2. The van der Waals surface area contributed by atoms with Crippen molar-refractivity contribution in [3.05, 3.63) is 70.8 Å². The fourth-order valence-electron chi connectivity index (χ4n) is 2.32. The average Bonchev–Trinajstić information content (AvgIpc) is 2.64. The number of aromatic nitrogens is 1. The largest absolute Gasteiger partial charge is 0.482 e. The SMILES string of the molecule is O=C(COc1ccc2ccc(=O)oc2c1)OCCCc1cccnc1. The van der Waals surface area contributed by atoms with E-state index in [1.54, 1.807) is 36.7 Å². The molecule has 0 fully saturated rings. The Kier molecular flexibility index (Phi) is 5.41. The number of hydrogen-bond acceptors (Lipinski definition) is 6. The first-order chi connectivity index (χ1) is 12.2. The second-order valence-corrected chi connectivity index (χ2v) is 5.43. The van der Waals surface area contributed by atoms with Gasteiger partial charge in [0.1, 0.15) is 11.3 Å². The van der Waals surface area contributed by atoms with Crippen molar-refractivity contribution in [2.45, 2.75) is 12.8 Å². The van der Waals surface area contributed by atoms with Crippen molar-refractivity contribution in [1.82, 2.24) is 4.98 Å². The van der Waals surface area contributed by atoms with E-state index in [1.807, 2.05) is 12.1 Å². The standard InChI is InChI=1S/C19H17NO5/c21-18-8-6-15-5-7-16(11-17(15)25-18)24-13-19(22)23-10-2-4-14-3-1-9-20-12-14/h1,3,5-9,11-12H,2,4,10,13H2. The van der Waals surface area contributed by atoms with Gasteiger partial charge in [0.25, 0.3) is 0 Å². The molecule has 0 saturated carbocycles. The van der Waals surface area contributed by atoms with E-state index >= 15 is 0 Å². The average molecular weight is 339 g/mol. The van der Waals surface area contributed by atoms with Gasteiger partial charge in [-0.05, 0) is 42.7 Å². The van der Waals surface area contributed by atoms with Crippen LogP contribution in [0.25, 0.3) is 11.0 Å². The second kappa shape index (κ2) is 8.10. The maximum Gasteiger partial charge on any atom is 0.344 e. The smallest absolute Gasteiger partial charge is 0.344 e. The van der Waals surface area contributed by atoms with Crippen LogP contribution >= 0.6 is 0 Å². The molecule has 0 saturated heterocycles. The van der Waals surface area contributed by atoms with E-state index in [2.05, 4.69) is 4.98 Å². The van der Waals surface area contributed by atoms with Gasteiger partial charge in [-0.15, -0.1) is 0 Å². The molecule has 3 aromatic rings. The van der Waals surface area contributed by atoms with Gasteiger partial charge in [-0.25, -0.2) is 9.59 Å². The van der Waals surface area contributed by atoms with Gasteiger partial charge in [-0.3, -0.25) is 4.98 Å². The number of carbonyl (C=O) groups excluding carboxylic acids is 1. The van der Waals surface area contributed by atoms with Crippen LogP contribution in [-0.4, -0.2) is 24.2 Å². The lowest BCUT2D eigenvalue weighted by Crippen LogP contribution is -2.15. The van der Waals surface area contributed by atoms with Crippen molar-refractivity contribution in [2.75, 3.05) is 13.2 Å². The van der Waals surface area contributed by atoms with Crippen molar-refractivity contribution in [2.24, 2.45) is 0 Å². The quantitative estimate of drug-likeness (QED) is 0.374. The van der Waals surface area contributed by atoms with Gasteiger partial charge in [0, 0.05) is 29.9 Å². The second-order valence-electron chi connectivity index (χ2n) is 5.43. The minimum atomic E-state index is -0.444. The van der Waals surface area contributed by atoms with Gasteiger partial charge in [0.15, 0.2) is 6.61 Å². The highest BCUT2D eigenvalue weighted by Crippen LogP contribution is 2.19. The van der Waals surface area contributed by atoms with Crippen LogP contribution in [-0.2, 0) is 16.0 Å². The van der Waals surface area contributed by atoms with Crippen molar-refractivity contribution in [3.63, 3.8) is 0 Å².